The van der Waals surface area contributed by atoms with Crippen LogP contribution in [0.1, 0.15) is 117 Å². The Balaban J connectivity index is 0. The number of aliphatic carboxylic acids is 1. The minimum Gasteiger partial charge on any atom is -0.481 e. The van der Waals surface area contributed by atoms with Crippen LogP contribution in [0.2, 0.25) is 0 Å². The molecule has 0 spiro atoms. The SMILES string of the molecule is CCC(CO)(CO)CO.CCCCCCCCCC(CCCCCCC)C(=O)O. The lowest BCUT2D eigenvalue weighted by Crippen LogP contribution is -2.32. The average molecular weight is 419 g/mol. The third-order valence-corrected chi connectivity index (χ3v) is 5.92. The van der Waals surface area contributed by atoms with Gasteiger partial charge in [0.25, 0.3) is 0 Å². The normalized spacial score (nSPS) is 12.3. The maximum Gasteiger partial charge on any atom is 0.306 e. The van der Waals surface area contributed by atoms with Crippen molar-refractivity contribution in [3.63, 3.8) is 0 Å². The highest BCUT2D eigenvalue weighted by Crippen LogP contribution is 2.20. The van der Waals surface area contributed by atoms with Gasteiger partial charge in [-0.3, -0.25) is 4.79 Å². The first-order valence-electron chi connectivity index (χ1n) is 12.0. The van der Waals surface area contributed by atoms with E-state index in [1.807, 2.05) is 6.92 Å². The molecule has 4 N–H and O–H groups in total. The minimum atomic E-state index is -0.667. The number of carboxylic acids is 1. The van der Waals surface area contributed by atoms with Crippen molar-refractivity contribution in [2.24, 2.45) is 11.3 Å². The summed E-state index contributed by atoms with van der Waals surface area (Å²) in [7, 11) is 0. The van der Waals surface area contributed by atoms with E-state index in [1.165, 1.54) is 64.2 Å². The zero-order valence-electron chi connectivity index (χ0n) is 19.5. The number of hydrogen-bond donors (Lipinski definition) is 4. The molecule has 0 aromatic heterocycles. The highest BCUT2D eigenvalue weighted by Gasteiger charge is 2.24. The molecule has 0 amide bonds. The van der Waals surface area contributed by atoms with Crippen LogP contribution in [-0.4, -0.2) is 46.2 Å². The highest BCUT2D eigenvalue weighted by atomic mass is 16.4. The topological polar surface area (TPSA) is 98.0 Å². The van der Waals surface area contributed by atoms with E-state index in [4.69, 9.17) is 15.3 Å². The lowest BCUT2D eigenvalue weighted by molar-refractivity contribution is -0.142. The summed E-state index contributed by atoms with van der Waals surface area (Å²) in [6.07, 6.45) is 17.3. The van der Waals surface area contributed by atoms with Crippen molar-refractivity contribution in [3.05, 3.63) is 0 Å². The summed E-state index contributed by atoms with van der Waals surface area (Å²) in [4.78, 5) is 11.2. The van der Waals surface area contributed by atoms with Gasteiger partial charge in [0.1, 0.15) is 0 Å². The van der Waals surface area contributed by atoms with Crippen LogP contribution in [0.5, 0.6) is 0 Å². The van der Waals surface area contributed by atoms with Gasteiger partial charge in [-0.25, -0.2) is 0 Å². The van der Waals surface area contributed by atoms with Gasteiger partial charge < -0.3 is 20.4 Å². The molecule has 176 valence electrons. The second-order valence-electron chi connectivity index (χ2n) is 8.48. The molecule has 0 aliphatic heterocycles. The lowest BCUT2D eigenvalue weighted by Gasteiger charge is -2.24. The van der Waals surface area contributed by atoms with Crippen LogP contribution in [0, 0.1) is 11.3 Å². The Morgan fingerprint density at radius 2 is 1.00 bits per heavy atom. The van der Waals surface area contributed by atoms with Gasteiger partial charge in [-0.15, -0.1) is 0 Å². The van der Waals surface area contributed by atoms with E-state index in [1.54, 1.807) is 0 Å². The second kappa shape index (κ2) is 22.0. The first kappa shape index (κ1) is 30.5. The van der Waals surface area contributed by atoms with Crippen molar-refractivity contribution in [3.8, 4) is 0 Å². The van der Waals surface area contributed by atoms with Crippen LogP contribution < -0.4 is 0 Å². The summed E-state index contributed by atoms with van der Waals surface area (Å²) in [5, 5.41) is 35.2. The molecule has 0 fully saturated rings. The van der Waals surface area contributed by atoms with Gasteiger partial charge >= 0.3 is 5.97 Å². The zero-order valence-corrected chi connectivity index (χ0v) is 19.5. The summed E-state index contributed by atoms with van der Waals surface area (Å²) in [6.45, 7) is 5.80. The number of aliphatic hydroxyl groups is 3. The van der Waals surface area contributed by atoms with Gasteiger partial charge in [0.2, 0.25) is 0 Å². The predicted octanol–water partition coefficient (Wildman–Crippen LogP) is 5.55. The Morgan fingerprint density at radius 3 is 1.24 bits per heavy atom. The summed E-state index contributed by atoms with van der Waals surface area (Å²) in [5.74, 6) is -0.668. The number of aliphatic hydroxyl groups excluding tert-OH is 3. The summed E-state index contributed by atoms with van der Waals surface area (Å²) in [6, 6.07) is 0. The number of carboxylic acid groups (broad SMARTS) is 1. The van der Waals surface area contributed by atoms with Crippen molar-refractivity contribution < 1.29 is 25.2 Å². The van der Waals surface area contributed by atoms with Crippen LogP contribution in [0.15, 0.2) is 0 Å². The zero-order chi connectivity index (χ0) is 22.4. The van der Waals surface area contributed by atoms with E-state index in [2.05, 4.69) is 13.8 Å². The Hall–Kier alpha value is -0.650. The fourth-order valence-corrected chi connectivity index (χ4v) is 3.22. The summed E-state index contributed by atoms with van der Waals surface area (Å²) >= 11 is 0. The van der Waals surface area contributed by atoms with E-state index >= 15 is 0 Å². The van der Waals surface area contributed by atoms with Crippen molar-refractivity contribution >= 4 is 5.97 Å². The molecule has 29 heavy (non-hydrogen) atoms. The predicted molar refractivity (Wildman–Crippen MR) is 121 cm³/mol. The van der Waals surface area contributed by atoms with Crippen LogP contribution in [0.4, 0.5) is 0 Å². The maximum atomic E-state index is 11.2. The van der Waals surface area contributed by atoms with Crippen molar-refractivity contribution in [2.45, 2.75) is 117 Å². The van der Waals surface area contributed by atoms with Crippen molar-refractivity contribution in [1.82, 2.24) is 0 Å². The van der Waals surface area contributed by atoms with Crippen LogP contribution in [-0.2, 0) is 4.79 Å². The monoisotopic (exact) mass is 418 g/mol. The second-order valence-corrected chi connectivity index (χ2v) is 8.48. The van der Waals surface area contributed by atoms with Gasteiger partial charge in [0.05, 0.1) is 25.7 Å². The van der Waals surface area contributed by atoms with Gasteiger partial charge in [-0.05, 0) is 19.3 Å². The van der Waals surface area contributed by atoms with Crippen LogP contribution in [0.3, 0.4) is 0 Å². The molecule has 0 radical (unpaired) electrons. The Kier molecular flexibility index (Phi) is 23.2. The first-order valence-corrected chi connectivity index (χ1v) is 12.0. The highest BCUT2D eigenvalue weighted by molar-refractivity contribution is 5.69. The Labute approximate surface area is 179 Å². The third-order valence-electron chi connectivity index (χ3n) is 5.92. The van der Waals surface area contributed by atoms with Crippen LogP contribution >= 0.6 is 0 Å². The molecule has 5 nitrogen and oxygen atoms in total. The molecule has 0 aliphatic carbocycles. The largest absolute Gasteiger partial charge is 0.481 e. The van der Waals surface area contributed by atoms with Gasteiger partial charge in [-0.2, -0.15) is 0 Å². The lowest BCUT2D eigenvalue weighted by atomic mass is 9.88. The fraction of sp³-hybridized carbons (Fsp3) is 0.958. The third kappa shape index (κ3) is 17.9. The summed E-state index contributed by atoms with van der Waals surface area (Å²) < 4.78 is 0. The molecular formula is C24H50O5. The van der Waals surface area contributed by atoms with E-state index in [0.717, 1.165) is 25.7 Å². The molecule has 0 aliphatic rings. The Bertz CT molecular complexity index is 325. The molecule has 0 bridgehead atoms. The molecule has 1 atom stereocenters. The number of unbranched alkanes of at least 4 members (excludes halogenated alkanes) is 10. The quantitative estimate of drug-likeness (QED) is 0.206. The van der Waals surface area contributed by atoms with Gasteiger partial charge in [0.15, 0.2) is 0 Å². The first-order chi connectivity index (χ1) is 14.0. The number of hydrogen-bond acceptors (Lipinski definition) is 4. The number of rotatable bonds is 19. The van der Waals surface area contributed by atoms with Gasteiger partial charge in [0, 0.05) is 5.41 Å². The smallest absolute Gasteiger partial charge is 0.306 e. The molecule has 0 aromatic rings. The fourth-order valence-electron chi connectivity index (χ4n) is 3.22. The molecule has 1 unspecified atom stereocenters. The molecule has 0 heterocycles. The molecule has 5 heteroatoms. The van der Waals surface area contributed by atoms with E-state index in [-0.39, 0.29) is 25.7 Å². The molecule has 0 aromatic carbocycles. The molecule has 0 saturated carbocycles. The van der Waals surface area contributed by atoms with E-state index in [0.29, 0.717) is 6.42 Å². The van der Waals surface area contributed by atoms with E-state index < -0.39 is 11.4 Å². The Morgan fingerprint density at radius 1 is 0.655 bits per heavy atom. The van der Waals surface area contributed by atoms with Crippen LogP contribution in [0.25, 0.3) is 0 Å². The van der Waals surface area contributed by atoms with E-state index in [9.17, 15) is 9.90 Å². The minimum absolute atomic E-state index is 0.0905. The molecule has 0 rings (SSSR count). The van der Waals surface area contributed by atoms with Gasteiger partial charge in [-0.1, -0.05) is 97.8 Å². The molecular weight excluding hydrogens is 368 g/mol. The standard InChI is InChI=1S/C18H36O2.C6H14O3/c1-3-5-7-9-10-12-14-16-17(18(19)20)15-13-11-8-6-4-2;1-2-6(3-7,4-8)5-9/h17H,3-16H2,1-2H3,(H,19,20);7-9H,2-5H2,1H3. The van der Waals surface area contributed by atoms with Crippen molar-refractivity contribution in [2.75, 3.05) is 19.8 Å². The average Bonchev–Trinajstić information content (AvgIpc) is 2.73. The number of carbonyl (C=O) groups is 1. The molecule has 0 saturated heterocycles. The summed E-state index contributed by atoms with van der Waals surface area (Å²) in [5.41, 5.74) is -0.667. The maximum absolute atomic E-state index is 11.2. The van der Waals surface area contributed by atoms with Crippen molar-refractivity contribution in [1.29, 1.82) is 0 Å².